The maximum absolute atomic E-state index is 16.8. The van der Waals surface area contributed by atoms with Crippen molar-refractivity contribution >= 4 is 27.5 Å². The van der Waals surface area contributed by atoms with Gasteiger partial charge in [0.15, 0.2) is 5.82 Å². The van der Waals surface area contributed by atoms with Gasteiger partial charge in [-0.3, -0.25) is 4.90 Å². The molecule has 0 bridgehead atoms. The minimum Gasteiger partial charge on any atom is -0.508 e. The Morgan fingerprint density at radius 3 is 2.66 bits per heavy atom. The van der Waals surface area contributed by atoms with Gasteiger partial charge in [0.1, 0.15) is 46.8 Å². The van der Waals surface area contributed by atoms with Crippen LogP contribution < -0.4 is 14.4 Å². The number of nitrogens with zero attached hydrogens (tertiary/aromatic N) is 5. The maximum atomic E-state index is 16.8. The molecule has 4 aromatic rings. The lowest BCUT2D eigenvalue weighted by molar-refractivity contribution is 0.107. The number of phenolic OH excluding ortho intramolecular Hbond substituents is 1. The normalized spacial score (nSPS) is 22.1. The molecule has 3 fully saturated rings. The third kappa shape index (κ3) is 4.57. The van der Waals surface area contributed by atoms with Crippen molar-refractivity contribution in [2.24, 2.45) is 5.92 Å². The molecular weight excluding hydrogens is 575 g/mol. The molecule has 7 rings (SSSR count). The number of benzene rings is 2. The highest BCUT2D eigenvalue weighted by Crippen LogP contribution is 2.44. The van der Waals surface area contributed by atoms with Gasteiger partial charge in [-0.1, -0.05) is 13.0 Å². The molecule has 0 saturated carbocycles. The number of alkyl halides is 1. The van der Waals surface area contributed by atoms with Crippen LogP contribution in [0.5, 0.6) is 17.6 Å². The van der Waals surface area contributed by atoms with Crippen LogP contribution in [0.3, 0.4) is 0 Å². The lowest BCUT2D eigenvalue weighted by Gasteiger charge is -2.39. The summed E-state index contributed by atoms with van der Waals surface area (Å²) >= 11 is 0. The number of aromatic hydroxyl groups is 1. The van der Waals surface area contributed by atoms with Crippen molar-refractivity contribution in [3.8, 4) is 28.9 Å². The third-order valence-electron chi connectivity index (χ3n) is 9.41. The number of methoxy groups -OCH3 is 1. The molecule has 0 unspecified atom stereocenters. The van der Waals surface area contributed by atoms with Crippen molar-refractivity contribution in [2.75, 3.05) is 51.4 Å². The summed E-state index contributed by atoms with van der Waals surface area (Å²) in [7, 11) is 1.41. The highest BCUT2D eigenvalue weighted by molar-refractivity contribution is 6.03. The van der Waals surface area contributed by atoms with Gasteiger partial charge in [0.25, 0.3) is 0 Å². The highest BCUT2D eigenvalue weighted by atomic mass is 19.1. The van der Waals surface area contributed by atoms with Crippen LogP contribution >= 0.6 is 0 Å². The van der Waals surface area contributed by atoms with E-state index in [0.29, 0.717) is 54.6 Å². The maximum Gasteiger partial charge on any atom is 0.319 e. The van der Waals surface area contributed by atoms with Gasteiger partial charge in [-0.25, -0.2) is 18.2 Å². The molecule has 2 aromatic carbocycles. The topological polar surface area (TPSA) is 104 Å². The average Bonchev–Trinajstić information content (AvgIpc) is 3.51. The monoisotopic (exact) mass is 609 g/mol. The minimum absolute atomic E-state index is 0.000412. The number of aliphatic hydroxyl groups is 1. The highest BCUT2D eigenvalue weighted by Gasteiger charge is 2.49. The molecule has 0 aliphatic carbocycles. The molecule has 5 heterocycles. The molecule has 2 atom stereocenters. The van der Waals surface area contributed by atoms with Crippen molar-refractivity contribution in [2.45, 2.75) is 44.3 Å². The fourth-order valence-corrected chi connectivity index (χ4v) is 7.26. The Balaban J connectivity index is 1.41. The second kappa shape index (κ2) is 10.9. The van der Waals surface area contributed by atoms with Crippen LogP contribution in [0.15, 0.2) is 24.3 Å². The van der Waals surface area contributed by atoms with Gasteiger partial charge in [-0.2, -0.15) is 9.97 Å². The molecule has 232 valence electrons. The molecule has 2 N–H and O–H groups in total. The number of pyridine rings is 1. The quantitative estimate of drug-likeness (QED) is 0.292. The molecule has 3 aliphatic rings. The third-order valence-corrected chi connectivity index (χ3v) is 9.41. The molecule has 12 heteroatoms. The zero-order valence-corrected chi connectivity index (χ0v) is 24.6. The fraction of sp³-hybridized carbons (Fsp3) is 0.469. The van der Waals surface area contributed by atoms with Gasteiger partial charge in [-0.15, -0.1) is 0 Å². The first-order valence-electron chi connectivity index (χ1n) is 15.0. The first-order valence-corrected chi connectivity index (χ1v) is 15.0. The Morgan fingerprint density at radius 1 is 1.09 bits per heavy atom. The van der Waals surface area contributed by atoms with E-state index in [4.69, 9.17) is 9.47 Å². The summed E-state index contributed by atoms with van der Waals surface area (Å²) in [6.45, 7) is 4.07. The number of halogens is 3. The van der Waals surface area contributed by atoms with E-state index < -0.39 is 23.3 Å². The number of hydrogen-bond donors (Lipinski definition) is 2. The van der Waals surface area contributed by atoms with Crippen molar-refractivity contribution in [3.63, 3.8) is 0 Å². The van der Waals surface area contributed by atoms with E-state index in [0.717, 1.165) is 19.4 Å². The van der Waals surface area contributed by atoms with Gasteiger partial charge in [-0.05, 0) is 60.3 Å². The number of fused-ring (bicyclic) bond motifs is 3. The van der Waals surface area contributed by atoms with Crippen LogP contribution in [0.1, 0.15) is 31.7 Å². The Hall–Kier alpha value is -3.90. The van der Waals surface area contributed by atoms with Gasteiger partial charge < -0.3 is 24.6 Å². The molecule has 3 aliphatic heterocycles. The summed E-state index contributed by atoms with van der Waals surface area (Å²) < 4.78 is 58.0. The van der Waals surface area contributed by atoms with Crippen LogP contribution in [0.25, 0.3) is 32.9 Å². The van der Waals surface area contributed by atoms with E-state index in [1.165, 1.54) is 31.4 Å². The number of ether oxygens (including phenoxy) is 2. The Labute approximate surface area is 252 Å². The van der Waals surface area contributed by atoms with Gasteiger partial charge >= 0.3 is 6.01 Å². The Morgan fingerprint density at radius 2 is 1.91 bits per heavy atom. The van der Waals surface area contributed by atoms with Crippen LogP contribution in [-0.4, -0.2) is 88.3 Å². The standard InChI is InChI=1S/C32H34F3N5O4/c1-3-21-23(34)6-5-18-9-20(42)10-22(24(18)21)27-26(35)28-25(30(36-27)43-2)29(39-12-17(13-39)15-41)38-31(37-28)44-16-32-7-4-8-40(32)14-19(33)11-32/h5-6,9-10,17,19,41-42H,3-4,7-8,11-16H2,1-2H3/t19-,32+/m1/s1. The largest absolute Gasteiger partial charge is 0.508 e. The van der Waals surface area contributed by atoms with Gasteiger partial charge in [0.05, 0.1) is 12.6 Å². The predicted octanol–water partition coefficient (Wildman–Crippen LogP) is 4.78. The smallest absolute Gasteiger partial charge is 0.319 e. The summed E-state index contributed by atoms with van der Waals surface area (Å²) in [6, 6.07) is 5.65. The van der Waals surface area contributed by atoms with Crippen molar-refractivity contribution in [1.29, 1.82) is 0 Å². The number of aliphatic hydroxyl groups excluding tert-OH is 1. The second-order valence-corrected chi connectivity index (χ2v) is 12.1. The van der Waals surface area contributed by atoms with E-state index in [2.05, 4.69) is 19.9 Å². The molecule has 0 radical (unpaired) electrons. The average molecular weight is 610 g/mol. The molecule has 0 amide bonds. The summed E-state index contributed by atoms with van der Waals surface area (Å²) in [5.74, 6) is -0.961. The van der Waals surface area contributed by atoms with Crippen LogP contribution in [0.2, 0.25) is 0 Å². The summed E-state index contributed by atoms with van der Waals surface area (Å²) in [5.41, 5.74) is -0.178. The number of aryl methyl sites for hydroxylation is 1. The van der Waals surface area contributed by atoms with Crippen molar-refractivity contribution < 1.29 is 32.9 Å². The predicted molar refractivity (Wildman–Crippen MR) is 159 cm³/mol. The SMILES string of the molecule is CCc1c(F)ccc2cc(O)cc(-c3nc(OC)c4c(N5CC(CO)C5)nc(OC[C@@]56CCCN5C[C@H](F)C6)nc4c3F)c12. The van der Waals surface area contributed by atoms with E-state index in [1.807, 2.05) is 4.90 Å². The minimum atomic E-state index is -0.936. The zero-order valence-electron chi connectivity index (χ0n) is 24.6. The number of hydrogen-bond acceptors (Lipinski definition) is 9. The Kier molecular flexibility index (Phi) is 7.16. The van der Waals surface area contributed by atoms with Gasteiger partial charge in [0.2, 0.25) is 5.88 Å². The van der Waals surface area contributed by atoms with Crippen LogP contribution in [0, 0.1) is 17.6 Å². The van der Waals surface area contributed by atoms with Crippen LogP contribution in [-0.2, 0) is 6.42 Å². The number of anilines is 1. The van der Waals surface area contributed by atoms with Crippen molar-refractivity contribution in [3.05, 3.63) is 41.5 Å². The number of aromatic nitrogens is 3. The van der Waals surface area contributed by atoms with Crippen LogP contribution in [0.4, 0.5) is 19.0 Å². The first kappa shape index (κ1) is 28.8. The molecule has 44 heavy (non-hydrogen) atoms. The summed E-state index contributed by atoms with van der Waals surface area (Å²) in [5, 5.41) is 21.4. The molecule has 3 saturated heterocycles. The van der Waals surface area contributed by atoms with E-state index >= 15 is 4.39 Å². The fourth-order valence-electron chi connectivity index (χ4n) is 7.26. The first-order chi connectivity index (χ1) is 21.2. The molecular formula is C32H34F3N5O4. The van der Waals surface area contributed by atoms with Crippen molar-refractivity contribution in [1.82, 2.24) is 19.9 Å². The molecule has 2 aromatic heterocycles. The summed E-state index contributed by atoms with van der Waals surface area (Å²) in [4.78, 5) is 17.7. The number of phenols is 1. The summed E-state index contributed by atoms with van der Waals surface area (Å²) in [6.07, 6.45) is 1.48. The second-order valence-electron chi connectivity index (χ2n) is 12.1. The molecule has 9 nitrogen and oxygen atoms in total. The number of rotatable bonds is 8. The molecule has 0 spiro atoms. The lowest BCUT2D eigenvalue weighted by Crippen LogP contribution is -2.49. The van der Waals surface area contributed by atoms with Gasteiger partial charge in [0, 0.05) is 44.1 Å². The lowest BCUT2D eigenvalue weighted by atomic mass is 9.94. The van der Waals surface area contributed by atoms with E-state index in [1.54, 1.807) is 6.92 Å². The zero-order chi connectivity index (χ0) is 30.7. The van der Waals surface area contributed by atoms with E-state index in [-0.39, 0.29) is 58.9 Å². The Bertz CT molecular complexity index is 1770. The van der Waals surface area contributed by atoms with E-state index in [9.17, 15) is 19.0 Å².